The maximum atomic E-state index is 13.3. The van der Waals surface area contributed by atoms with Crippen LogP contribution in [0.2, 0.25) is 0 Å². The second kappa shape index (κ2) is 11.6. The van der Waals surface area contributed by atoms with Crippen molar-refractivity contribution in [1.29, 1.82) is 0 Å². The average molecular weight is 618 g/mol. The highest BCUT2D eigenvalue weighted by molar-refractivity contribution is 14.1. The Morgan fingerprint density at radius 1 is 1.03 bits per heavy atom. The molecule has 0 aliphatic heterocycles. The van der Waals surface area contributed by atoms with Crippen molar-refractivity contribution < 1.29 is 19.0 Å². The summed E-state index contributed by atoms with van der Waals surface area (Å²) >= 11 is 3.69. The first-order valence-electron chi connectivity index (χ1n) is 11.5. The number of thioether (sulfide) groups is 1. The normalized spacial score (nSPS) is 14.2. The fourth-order valence-corrected chi connectivity index (χ4v) is 5.58. The molecule has 1 aliphatic rings. The van der Waals surface area contributed by atoms with Crippen molar-refractivity contribution in [2.75, 3.05) is 27.6 Å². The zero-order valence-electron chi connectivity index (χ0n) is 20.6. The molecule has 0 radical (unpaired) electrons. The second-order valence-corrected chi connectivity index (χ2v) is 9.96. The molecule has 3 aromatic carbocycles. The van der Waals surface area contributed by atoms with Gasteiger partial charge in [-0.15, -0.1) is 11.8 Å². The first-order chi connectivity index (χ1) is 17.4. The molecule has 0 aromatic heterocycles. The zero-order chi connectivity index (χ0) is 25.8. The topological polar surface area (TPSA) is 73.9 Å². The number of halogens is 1. The highest BCUT2D eigenvalue weighted by atomic mass is 127. The summed E-state index contributed by atoms with van der Waals surface area (Å²) in [6.07, 6.45) is 3.13. The molecule has 1 unspecified atom stereocenters. The number of nitrogens with one attached hydrogen (secondary N) is 1. The number of amides is 1. The molecule has 8 heteroatoms. The Kier molecular flexibility index (Phi) is 8.46. The van der Waals surface area contributed by atoms with E-state index in [1.807, 2.05) is 48.7 Å². The van der Waals surface area contributed by atoms with Crippen molar-refractivity contribution in [3.8, 4) is 28.4 Å². The third kappa shape index (κ3) is 5.06. The van der Waals surface area contributed by atoms with Crippen LogP contribution in [0.4, 0.5) is 0 Å². The summed E-state index contributed by atoms with van der Waals surface area (Å²) in [6, 6.07) is 14.6. The third-order valence-electron chi connectivity index (χ3n) is 6.40. The van der Waals surface area contributed by atoms with E-state index in [-0.39, 0.29) is 17.4 Å². The molecule has 0 bridgehead atoms. The summed E-state index contributed by atoms with van der Waals surface area (Å²) in [5.41, 5.74) is 5.07. The number of alkyl halides is 1. The minimum absolute atomic E-state index is 0.0858. The van der Waals surface area contributed by atoms with Gasteiger partial charge in [0, 0.05) is 15.6 Å². The SMILES string of the molecule is COc1cc2c(c(OC)c1OC)-c1ccc(SC)c(=O)cc1C(NC(=O)c1ccc(CI)cc1)CC2. The number of aryl methyl sites for hydroxylation is 1. The quantitative estimate of drug-likeness (QED) is 0.205. The molecule has 1 aliphatic carbocycles. The van der Waals surface area contributed by atoms with E-state index in [0.29, 0.717) is 40.5 Å². The Bertz CT molecular complexity index is 1340. The van der Waals surface area contributed by atoms with Crippen LogP contribution in [-0.4, -0.2) is 33.5 Å². The maximum Gasteiger partial charge on any atom is 0.251 e. The molecule has 1 atom stereocenters. The monoisotopic (exact) mass is 617 g/mol. The van der Waals surface area contributed by atoms with Crippen LogP contribution in [0, 0.1) is 0 Å². The standard InChI is InChI=1S/C28H28INO5S/c1-33-23-13-18-9-11-21(30-28(32)17-7-5-16(15-29)6-8-17)20-14-22(31)24(36-4)12-10-19(20)25(18)27(35-3)26(23)34-2/h5-8,10,12-14,21H,9,11,15H2,1-4H3,(H,30,32). The molecule has 0 heterocycles. The van der Waals surface area contributed by atoms with Gasteiger partial charge in [-0.3, -0.25) is 9.59 Å². The highest BCUT2D eigenvalue weighted by Crippen LogP contribution is 2.50. The molecule has 0 saturated carbocycles. The van der Waals surface area contributed by atoms with E-state index in [4.69, 9.17) is 14.2 Å². The molecular weight excluding hydrogens is 589 g/mol. The number of methoxy groups -OCH3 is 3. The van der Waals surface area contributed by atoms with Gasteiger partial charge in [0.15, 0.2) is 16.9 Å². The number of carbonyl (C=O) groups excluding carboxylic acids is 1. The van der Waals surface area contributed by atoms with Gasteiger partial charge in [-0.05, 0) is 71.7 Å². The van der Waals surface area contributed by atoms with Gasteiger partial charge in [0.1, 0.15) is 0 Å². The Morgan fingerprint density at radius 3 is 2.36 bits per heavy atom. The van der Waals surface area contributed by atoms with Crippen LogP contribution in [0.1, 0.15) is 39.5 Å². The number of hydrogen-bond donors (Lipinski definition) is 1. The Labute approximate surface area is 228 Å². The van der Waals surface area contributed by atoms with Crippen molar-refractivity contribution in [2.24, 2.45) is 0 Å². The van der Waals surface area contributed by atoms with E-state index in [1.165, 1.54) is 11.8 Å². The predicted octanol–water partition coefficient (Wildman–Crippen LogP) is 5.81. The van der Waals surface area contributed by atoms with Crippen molar-refractivity contribution in [1.82, 2.24) is 5.32 Å². The van der Waals surface area contributed by atoms with E-state index in [9.17, 15) is 9.59 Å². The van der Waals surface area contributed by atoms with E-state index < -0.39 is 0 Å². The van der Waals surface area contributed by atoms with Gasteiger partial charge in [0.05, 0.1) is 32.3 Å². The van der Waals surface area contributed by atoms with Crippen LogP contribution in [0.5, 0.6) is 17.2 Å². The average Bonchev–Trinajstić information content (AvgIpc) is 3.15. The van der Waals surface area contributed by atoms with Crippen LogP contribution in [0.15, 0.2) is 58.2 Å². The van der Waals surface area contributed by atoms with Crippen LogP contribution in [-0.2, 0) is 10.8 Å². The van der Waals surface area contributed by atoms with Crippen molar-refractivity contribution >= 4 is 40.3 Å². The second-order valence-electron chi connectivity index (χ2n) is 8.35. The van der Waals surface area contributed by atoms with Gasteiger partial charge in [-0.1, -0.05) is 40.8 Å². The summed E-state index contributed by atoms with van der Waals surface area (Å²) < 4.78 is 18.0. The predicted molar refractivity (Wildman–Crippen MR) is 152 cm³/mol. The van der Waals surface area contributed by atoms with Crippen LogP contribution in [0.3, 0.4) is 0 Å². The number of rotatable bonds is 7. The van der Waals surface area contributed by atoms with Crippen molar-refractivity contribution in [3.63, 3.8) is 0 Å². The number of benzene rings is 2. The summed E-state index contributed by atoms with van der Waals surface area (Å²) in [7, 11) is 4.76. The van der Waals surface area contributed by atoms with Crippen LogP contribution < -0.4 is 25.0 Å². The molecule has 1 amide bonds. The fourth-order valence-electron chi connectivity index (χ4n) is 4.60. The van der Waals surface area contributed by atoms with Gasteiger partial charge in [0.25, 0.3) is 5.91 Å². The lowest BCUT2D eigenvalue weighted by atomic mass is 9.95. The molecule has 1 N–H and O–H groups in total. The fraction of sp³-hybridized carbons (Fsp3) is 0.286. The van der Waals surface area contributed by atoms with Crippen LogP contribution >= 0.6 is 34.4 Å². The molecule has 36 heavy (non-hydrogen) atoms. The van der Waals surface area contributed by atoms with Crippen molar-refractivity contribution in [2.45, 2.75) is 28.2 Å². The van der Waals surface area contributed by atoms with E-state index >= 15 is 0 Å². The summed E-state index contributed by atoms with van der Waals surface area (Å²) in [5.74, 6) is 1.42. The van der Waals surface area contributed by atoms with Gasteiger partial charge < -0.3 is 19.5 Å². The molecule has 188 valence electrons. The van der Waals surface area contributed by atoms with E-state index in [2.05, 4.69) is 27.9 Å². The van der Waals surface area contributed by atoms with Gasteiger partial charge >= 0.3 is 0 Å². The molecule has 6 nitrogen and oxygen atoms in total. The van der Waals surface area contributed by atoms with Gasteiger partial charge in [-0.25, -0.2) is 0 Å². The number of ether oxygens (including phenoxy) is 3. The molecule has 3 aromatic rings. The molecule has 0 saturated heterocycles. The first-order valence-corrected chi connectivity index (χ1v) is 14.2. The minimum atomic E-state index is -0.374. The van der Waals surface area contributed by atoms with Crippen LogP contribution in [0.25, 0.3) is 11.1 Å². The first kappa shape index (κ1) is 26.3. The maximum absolute atomic E-state index is 13.3. The lowest BCUT2D eigenvalue weighted by Gasteiger charge is -2.20. The largest absolute Gasteiger partial charge is 0.493 e. The highest BCUT2D eigenvalue weighted by Gasteiger charge is 2.30. The van der Waals surface area contributed by atoms with Gasteiger partial charge in [-0.2, -0.15) is 0 Å². The van der Waals surface area contributed by atoms with E-state index in [0.717, 1.165) is 32.2 Å². The number of hydrogen-bond acceptors (Lipinski definition) is 6. The molecule has 4 rings (SSSR count). The van der Waals surface area contributed by atoms with Crippen molar-refractivity contribution in [3.05, 3.63) is 81.0 Å². The molecular formula is C28H28INO5S. The Balaban J connectivity index is 1.90. The summed E-state index contributed by atoms with van der Waals surface area (Å²) in [5, 5.41) is 3.19. The summed E-state index contributed by atoms with van der Waals surface area (Å²) in [4.78, 5) is 27.0. The molecule has 0 fully saturated rings. The summed E-state index contributed by atoms with van der Waals surface area (Å²) in [6.45, 7) is 0. The molecule has 0 spiro atoms. The zero-order valence-corrected chi connectivity index (χ0v) is 23.6. The van der Waals surface area contributed by atoms with Gasteiger partial charge in [0.2, 0.25) is 5.75 Å². The Morgan fingerprint density at radius 2 is 1.75 bits per heavy atom. The number of carbonyl (C=O) groups is 1. The lowest BCUT2D eigenvalue weighted by molar-refractivity contribution is 0.0935. The van der Waals surface area contributed by atoms with E-state index in [1.54, 1.807) is 27.4 Å². The third-order valence-corrected chi connectivity index (χ3v) is 8.05. The smallest absolute Gasteiger partial charge is 0.251 e. The Hall–Kier alpha value is -2.72. The minimum Gasteiger partial charge on any atom is -0.493 e. The number of fused-ring (bicyclic) bond motifs is 3. The lowest BCUT2D eigenvalue weighted by Crippen LogP contribution is -2.29.